The van der Waals surface area contributed by atoms with Crippen molar-refractivity contribution >= 4 is 28.5 Å². The predicted octanol–water partition coefficient (Wildman–Crippen LogP) is 3.76. The van der Waals surface area contributed by atoms with Gasteiger partial charge in [0.2, 0.25) is 0 Å². The molecule has 0 aliphatic rings. The van der Waals surface area contributed by atoms with Crippen LogP contribution in [0, 0.1) is 0 Å². The van der Waals surface area contributed by atoms with Crippen LogP contribution in [-0.2, 0) is 4.79 Å². The van der Waals surface area contributed by atoms with Crippen molar-refractivity contribution < 1.29 is 9.90 Å². The number of rotatable bonds is 3. The highest BCUT2D eigenvalue weighted by atomic mass is 32.1. The number of allylic oxidation sites excluding steroid dienone is 1. The van der Waals surface area contributed by atoms with Crippen molar-refractivity contribution in [3.8, 4) is 0 Å². The molecule has 0 fully saturated rings. The Morgan fingerprint density at radius 3 is 2.35 bits per heavy atom. The number of carboxylic acids is 1. The average Bonchev–Trinajstić information content (AvgIpc) is 2.83. The van der Waals surface area contributed by atoms with E-state index >= 15 is 0 Å². The van der Waals surface area contributed by atoms with Gasteiger partial charge in [-0.25, -0.2) is 4.79 Å². The van der Waals surface area contributed by atoms with Gasteiger partial charge >= 0.3 is 5.97 Å². The molecule has 2 aromatic rings. The Kier molecular flexibility index (Phi) is 3.40. The molecule has 2 rings (SSSR count). The fraction of sp³-hybridized carbons (Fsp3) is 0.0714. The standard InChI is InChI=1S/C14H12O2S/c1-10(11-6-3-2-4-7-11)13(14(15)16)12-8-5-9-17-12/h2-9H,1H3,(H,15,16). The van der Waals surface area contributed by atoms with Gasteiger partial charge in [-0.15, -0.1) is 11.3 Å². The molecule has 86 valence electrons. The van der Waals surface area contributed by atoms with E-state index in [-0.39, 0.29) is 0 Å². The Labute approximate surface area is 104 Å². The van der Waals surface area contributed by atoms with Gasteiger partial charge in [0.1, 0.15) is 0 Å². The lowest BCUT2D eigenvalue weighted by Crippen LogP contribution is -2.00. The Morgan fingerprint density at radius 1 is 1.12 bits per heavy atom. The third-order valence-electron chi connectivity index (χ3n) is 2.56. The van der Waals surface area contributed by atoms with Gasteiger partial charge in [0.15, 0.2) is 0 Å². The summed E-state index contributed by atoms with van der Waals surface area (Å²) in [6, 6.07) is 13.3. The summed E-state index contributed by atoms with van der Waals surface area (Å²) in [6.07, 6.45) is 0. The van der Waals surface area contributed by atoms with Crippen LogP contribution in [0.5, 0.6) is 0 Å². The van der Waals surface area contributed by atoms with E-state index in [0.717, 1.165) is 16.0 Å². The van der Waals surface area contributed by atoms with Crippen LogP contribution in [0.2, 0.25) is 0 Å². The Bertz CT molecular complexity index is 539. The van der Waals surface area contributed by atoms with Crippen LogP contribution in [0.25, 0.3) is 11.1 Å². The normalized spacial score (nSPS) is 12.1. The minimum absolute atomic E-state index is 0.381. The van der Waals surface area contributed by atoms with Gasteiger partial charge in [-0.1, -0.05) is 36.4 Å². The average molecular weight is 244 g/mol. The number of aliphatic carboxylic acids is 1. The molecular weight excluding hydrogens is 232 g/mol. The van der Waals surface area contributed by atoms with E-state index in [1.54, 1.807) is 0 Å². The zero-order chi connectivity index (χ0) is 12.3. The van der Waals surface area contributed by atoms with Gasteiger partial charge in [0.25, 0.3) is 0 Å². The quantitative estimate of drug-likeness (QED) is 0.835. The van der Waals surface area contributed by atoms with E-state index in [4.69, 9.17) is 0 Å². The molecule has 0 aliphatic heterocycles. The summed E-state index contributed by atoms with van der Waals surface area (Å²) in [5, 5.41) is 11.2. The van der Waals surface area contributed by atoms with Crippen molar-refractivity contribution in [3.63, 3.8) is 0 Å². The number of hydrogen-bond acceptors (Lipinski definition) is 2. The molecule has 0 aliphatic carbocycles. The summed E-state index contributed by atoms with van der Waals surface area (Å²) < 4.78 is 0. The molecule has 1 aromatic carbocycles. The molecule has 0 spiro atoms. The number of carbonyl (C=O) groups is 1. The van der Waals surface area contributed by atoms with E-state index in [1.165, 1.54) is 11.3 Å². The summed E-state index contributed by atoms with van der Waals surface area (Å²) >= 11 is 1.44. The van der Waals surface area contributed by atoms with Crippen molar-refractivity contribution in [1.82, 2.24) is 0 Å². The minimum Gasteiger partial charge on any atom is -0.478 e. The third kappa shape index (κ3) is 2.45. The molecule has 0 radical (unpaired) electrons. The third-order valence-corrected chi connectivity index (χ3v) is 3.45. The first kappa shape index (κ1) is 11.6. The molecule has 0 unspecified atom stereocenters. The second kappa shape index (κ2) is 4.97. The maximum Gasteiger partial charge on any atom is 0.337 e. The lowest BCUT2D eigenvalue weighted by atomic mass is 10.0. The highest BCUT2D eigenvalue weighted by molar-refractivity contribution is 7.11. The lowest BCUT2D eigenvalue weighted by molar-refractivity contribution is -0.130. The van der Waals surface area contributed by atoms with Crippen molar-refractivity contribution in [3.05, 3.63) is 58.3 Å². The van der Waals surface area contributed by atoms with E-state index in [0.29, 0.717) is 5.57 Å². The van der Waals surface area contributed by atoms with E-state index in [9.17, 15) is 9.90 Å². The molecule has 0 amide bonds. The van der Waals surface area contributed by atoms with Crippen molar-refractivity contribution in [2.45, 2.75) is 6.92 Å². The molecule has 0 atom stereocenters. The lowest BCUT2D eigenvalue weighted by Gasteiger charge is -2.06. The molecule has 1 aromatic heterocycles. The zero-order valence-corrected chi connectivity index (χ0v) is 10.2. The van der Waals surface area contributed by atoms with Crippen LogP contribution in [0.1, 0.15) is 17.4 Å². The fourth-order valence-corrected chi connectivity index (χ4v) is 2.52. The molecule has 17 heavy (non-hydrogen) atoms. The van der Waals surface area contributed by atoms with Crippen LogP contribution in [0.4, 0.5) is 0 Å². The smallest absolute Gasteiger partial charge is 0.337 e. The van der Waals surface area contributed by atoms with Crippen LogP contribution in [0.3, 0.4) is 0 Å². The fourth-order valence-electron chi connectivity index (χ4n) is 1.70. The monoisotopic (exact) mass is 244 g/mol. The largest absolute Gasteiger partial charge is 0.478 e. The van der Waals surface area contributed by atoms with E-state index in [2.05, 4.69) is 0 Å². The van der Waals surface area contributed by atoms with Gasteiger partial charge in [-0.3, -0.25) is 0 Å². The van der Waals surface area contributed by atoms with Gasteiger partial charge in [0, 0.05) is 4.88 Å². The summed E-state index contributed by atoms with van der Waals surface area (Å²) in [4.78, 5) is 12.2. The van der Waals surface area contributed by atoms with Crippen LogP contribution in [-0.4, -0.2) is 11.1 Å². The molecule has 0 saturated carbocycles. The van der Waals surface area contributed by atoms with Crippen molar-refractivity contribution in [2.24, 2.45) is 0 Å². The predicted molar refractivity (Wildman–Crippen MR) is 70.9 cm³/mol. The van der Waals surface area contributed by atoms with Gasteiger partial charge in [-0.05, 0) is 29.5 Å². The number of carboxylic acid groups (broad SMARTS) is 1. The second-order valence-corrected chi connectivity index (χ2v) is 4.60. The maximum absolute atomic E-state index is 11.4. The number of benzene rings is 1. The van der Waals surface area contributed by atoms with Crippen LogP contribution in [0.15, 0.2) is 47.8 Å². The molecule has 1 N–H and O–H groups in total. The molecule has 1 heterocycles. The van der Waals surface area contributed by atoms with E-state index in [1.807, 2.05) is 54.8 Å². The minimum atomic E-state index is -0.881. The summed E-state index contributed by atoms with van der Waals surface area (Å²) in [6.45, 7) is 1.85. The van der Waals surface area contributed by atoms with Crippen molar-refractivity contribution in [1.29, 1.82) is 0 Å². The van der Waals surface area contributed by atoms with Crippen LogP contribution >= 0.6 is 11.3 Å². The molecule has 2 nitrogen and oxygen atoms in total. The van der Waals surface area contributed by atoms with E-state index < -0.39 is 5.97 Å². The topological polar surface area (TPSA) is 37.3 Å². The number of hydrogen-bond donors (Lipinski definition) is 1. The van der Waals surface area contributed by atoms with Gasteiger partial charge in [0.05, 0.1) is 5.57 Å². The zero-order valence-electron chi connectivity index (χ0n) is 9.38. The molecule has 0 bridgehead atoms. The first-order valence-electron chi connectivity index (χ1n) is 5.23. The summed E-state index contributed by atoms with van der Waals surface area (Å²) in [5.41, 5.74) is 2.12. The second-order valence-electron chi connectivity index (χ2n) is 3.65. The number of thiophene rings is 1. The van der Waals surface area contributed by atoms with Crippen molar-refractivity contribution in [2.75, 3.05) is 0 Å². The first-order valence-corrected chi connectivity index (χ1v) is 6.11. The molecule has 3 heteroatoms. The van der Waals surface area contributed by atoms with Gasteiger partial charge in [-0.2, -0.15) is 0 Å². The Morgan fingerprint density at radius 2 is 1.82 bits per heavy atom. The Balaban J connectivity index is 2.56. The summed E-state index contributed by atoms with van der Waals surface area (Å²) in [7, 11) is 0. The van der Waals surface area contributed by atoms with Crippen LogP contribution < -0.4 is 0 Å². The molecular formula is C14H12O2S. The highest BCUT2D eigenvalue weighted by Crippen LogP contribution is 2.28. The Hall–Kier alpha value is -1.87. The first-order chi connectivity index (χ1) is 8.20. The molecule has 0 saturated heterocycles. The summed E-state index contributed by atoms with van der Waals surface area (Å²) in [5.74, 6) is -0.881. The highest BCUT2D eigenvalue weighted by Gasteiger charge is 2.15. The SMILES string of the molecule is CC(=C(C(=O)O)c1cccs1)c1ccccc1. The van der Waals surface area contributed by atoms with Gasteiger partial charge < -0.3 is 5.11 Å². The maximum atomic E-state index is 11.4.